The van der Waals surface area contributed by atoms with Crippen molar-refractivity contribution in [2.24, 2.45) is 11.3 Å². The summed E-state index contributed by atoms with van der Waals surface area (Å²) < 4.78 is 0. The molecule has 1 aliphatic heterocycles. The molecule has 1 aromatic rings. The van der Waals surface area contributed by atoms with E-state index >= 15 is 0 Å². The van der Waals surface area contributed by atoms with Crippen LogP contribution in [0, 0.1) is 11.3 Å². The Morgan fingerprint density at radius 1 is 1.09 bits per heavy atom. The second kappa shape index (κ2) is 7.76. The molecular formula is C20H29NO2. The number of carbonyl (C=O) groups excluding carboxylic acids is 2. The van der Waals surface area contributed by atoms with Crippen molar-refractivity contribution in [1.29, 1.82) is 0 Å². The summed E-state index contributed by atoms with van der Waals surface area (Å²) >= 11 is 0. The highest BCUT2D eigenvalue weighted by Gasteiger charge is 2.39. The van der Waals surface area contributed by atoms with Gasteiger partial charge in [-0.25, -0.2) is 0 Å². The molecule has 0 unspecified atom stereocenters. The Kier molecular flexibility index (Phi) is 5.97. The molecule has 0 radical (unpaired) electrons. The molecule has 1 saturated heterocycles. The monoisotopic (exact) mass is 315 g/mol. The number of rotatable bonds is 7. The van der Waals surface area contributed by atoms with Crippen LogP contribution in [0.25, 0.3) is 0 Å². The van der Waals surface area contributed by atoms with Gasteiger partial charge in [-0.15, -0.1) is 0 Å². The van der Waals surface area contributed by atoms with E-state index in [0.717, 1.165) is 25.7 Å². The highest BCUT2D eigenvalue weighted by molar-refractivity contribution is 5.98. The maximum atomic E-state index is 12.4. The van der Waals surface area contributed by atoms with E-state index in [0.29, 0.717) is 25.3 Å². The van der Waals surface area contributed by atoms with E-state index in [-0.39, 0.29) is 17.2 Å². The molecule has 3 nitrogen and oxygen atoms in total. The van der Waals surface area contributed by atoms with Gasteiger partial charge in [0.15, 0.2) is 0 Å². The number of nitrogens with zero attached hydrogens (tertiary/aromatic N) is 1. The normalized spacial score (nSPS) is 17.8. The Labute approximate surface area is 140 Å². The van der Waals surface area contributed by atoms with Gasteiger partial charge in [0.25, 0.3) is 0 Å². The van der Waals surface area contributed by atoms with Crippen LogP contribution in [0.2, 0.25) is 0 Å². The van der Waals surface area contributed by atoms with Crippen molar-refractivity contribution in [2.75, 3.05) is 6.54 Å². The molecule has 2 amide bonds. The van der Waals surface area contributed by atoms with E-state index in [4.69, 9.17) is 0 Å². The molecule has 3 heteroatoms. The predicted molar refractivity (Wildman–Crippen MR) is 92.9 cm³/mol. The molecule has 0 saturated carbocycles. The molecule has 0 spiro atoms. The zero-order chi connectivity index (χ0) is 16.9. The van der Waals surface area contributed by atoms with Crippen molar-refractivity contribution in [1.82, 2.24) is 4.90 Å². The summed E-state index contributed by atoms with van der Waals surface area (Å²) in [5.74, 6) is 0.685. The fourth-order valence-electron chi connectivity index (χ4n) is 3.37. The Hall–Kier alpha value is -1.64. The van der Waals surface area contributed by atoms with Crippen LogP contribution < -0.4 is 0 Å². The third-order valence-electron chi connectivity index (χ3n) is 4.79. The number of likely N-dealkylation sites (tertiary alicyclic amines) is 1. The number of amides is 2. The summed E-state index contributed by atoms with van der Waals surface area (Å²) in [6, 6.07) is 10.0. The molecule has 1 aromatic carbocycles. The third-order valence-corrected chi connectivity index (χ3v) is 4.79. The minimum Gasteiger partial charge on any atom is -0.282 e. The van der Waals surface area contributed by atoms with Crippen LogP contribution in [0.1, 0.15) is 58.4 Å². The van der Waals surface area contributed by atoms with Crippen molar-refractivity contribution in [2.45, 2.75) is 59.3 Å². The first kappa shape index (κ1) is 17.7. The fourth-order valence-corrected chi connectivity index (χ4v) is 3.37. The summed E-state index contributed by atoms with van der Waals surface area (Å²) in [6.07, 6.45) is 4.98. The molecule has 0 N–H and O–H groups in total. The molecule has 0 aliphatic carbocycles. The van der Waals surface area contributed by atoms with Gasteiger partial charge in [-0.1, -0.05) is 63.9 Å². The molecule has 0 bridgehead atoms. The number of carbonyl (C=O) groups is 2. The van der Waals surface area contributed by atoms with E-state index in [9.17, 15) is 9.59 Å². The third kappa shape index (κ3) is 5.19. The molecule has 1 fully saturated rings. The van der Waals surface area contributed by atoms with Crippen LogP contribution in [-0.4, -0.2) is 23.3 Å². The maximum Gasteiger partial charge on any atom is 0.229 e. The topological polar surface area (TPSA) is 37.4 Å². The van der Waals surface area contributed by atoms with Crippen LogP contribution in [-0.2, 0) is 16.0 Å². The van der Waals surface area contributed by atoms with Gasteiger partial charge in [0, 0.05) is 19.4 Å². The van der Waals surface area contributed by atoms with Gasteiger partial charge in [0.05, 0.1) is 0 Å². The first-order valence-corrected chi connectivity index (χ1v) is 8.77. The molecule has 126 valence electrons. The van der Waals surface area contributed by atoms with Gasteiger partial charge in [-0.3, -0.25) is 14.5 Å². The molecule has 1 aliphatic rings. The minimum atomic E-state index is -0.147. The van der Waals surface area contributed by atoms with Crippen LogP contribution in [0.5, 0.6) is 0 Å². The Morgan fingerprint density at radius 3 is 2.26 bits per heavy atom. The van der Waals surface area contributed by atoms with Gasteiger partial charge < -0.3 is 0 Å². The summed E-state index contributed by atoms with van der Waals surface area (Å²) in [7, 11) is 0. The summed E-state index contributed by atoms with van der Waals surface area (Å²) in [4.78, 5) is 26.4. The SMILES string of the molecule is CC(C)CCCC1(C)CC(=O)N(CCc2ccccc2)C(=O)C1. The number of imide groups is 1. The number of hydrogen-bond donors (Lipinski definition) is 0. The number of piperidine rings is 1. The smallest absolute Gasteiger partial charge is 0.229 e. The second-order valence-corrected chi connectivity index (χ2v) is 7.63. The van der Waals surface area contributed by atoms with Crippen molar-refractivity contribution < 1.29 is 9.59 Å². The zero-order valence-corrected chi connectivity index (χ0v) is 14.7. The average Bonchev–Trinajstić information content (AvgIpc) is 2.46. The van der Waals surface area contributed by atoms with E-state index in [1.807, 2.05) is 30.3 Å². The maximum absolute atomic E-state index is 12.4. The molecule has 1 heterocycles. The molecule has 2 rings (SSSR count). The van der Waals surface area contributed by atoms with Crippen LogP contribution >= 0.6 is 0 Å². The van der Waals surface area contributed by atoms with Crippen LogP contribution in [0.15, 0.2) is 30.3 Å². The Balaban J connectivity index is 1.89. The van der Waals surface area contributed by atoms with Crippen molar-refractivity contribution in [3.63, 3.8) is 0 Å². The lowest BCUT2D eigenvalue weighted by atomic mass is 9.75. The number of benzene rings is 1. The van der Waals surface area contributed by atoms with Crippen molar-refractivity contribution in [3.05, 3.63) is 35.9 Å². The van der Waals surface area contributed by atoms with E-state index < -0.39 is 0 Å². The lowest BCUT2D eigenvalue weighted by Crippen LogP contribution is -2.47. The molecule has 0 atom stereocenters. The average molecular weight is 315 g/mol. The summed E-state index contributed by atoms with van der Waals surface area (Å²) in [5.41, 5.74) is 1.02. The molecule has 23 heavy (non-hydrogen) atoms. The van der Waals surface area contributed by atoms with Crippen molar-refractivity contribution in [3.8, 4) is 0 Å². The quantitative estimate of drug-likeness (QED) is 0.707. The first-order chi connectivity index (χ1) is 10.9. The van der Waals surface area contributed by atoms with E-state index in [2.05, 4.69) is 20.8 Å². The zero-order valence-electron chi connectivity index (χ0n) is 14.7. The highest BCUT2D eigenvalue weighted by Crippen LogP contribution is 2.37. The van der Waals surface area contributed by atoms with Crippen LogP contribution in [0.3, 0.4) is 0 Å². The van der Waals surface area contributed by atoms with Gasteiger partial charge in [-0.2, -0.15) is 0 Å². The van der Waals surface area contributed by atoms with Crippen LogP contribution in [0.4, 0.5) is 0 Å². The summed E-state index contributed by atoms with van der Waals surface area (Å²) in [5, 5.41) is 0. The molecule has 0 aromatic heterocycles. The fraction of sp³-hybridized carbons (Fsp3) is 0.600. The van der Waals surface area contributed by atoms with E-state index in [1.165, 1.54) is 10.5 Å². The van der Waals surface area contributed by atoms with Gasteiger partial charge >= 0.3 is 0 Å². The lowest BCUT2D eigenvalue weighted by Gasteiger charge is -2.37. The second-order valence-electron chi connectivity index (χ2n) is 7.63. The minimum absolute atomic E-state index is 0.00391. The Bertz CT molecular complexity index is 518. The lowest BCUT2D eigenvalue weighted by molar-refractivity contribution is -0.153. The van der Waals surface area contributed by atoms with Gasteiger partial charge in [0.2, 0.25) is 11.8 Å². The Morgan fingerprint density at radius 2 is 1.70 bits per heavy atom. The van der Waals surface area contributed by atoms with E-state index in [1.54, 1.807) is 0 Å². The molecular weight excluding hydrogens is 286 g/mol. The standard InChI is InChI=1S/C20H29NO2/c1-16(2)8-7-12-20(3)14-18(22)21(19(23)15-20)13-11-17-9-5-4-6-10-17/h4-6,9-10,16H,7-8,11-15H2,1-3H3. The first-order valence-electron chi connectivity index (χ1n) is 8.77. The summed E-state index contributed by atoms with van der Waals surface area (Å²) in [6.45, 7) is 7.02. The predicted octanol–water partition coefficient (Wildman–Crippen LogP) is 4.21. The largest absolute Gasteiger partial charge is 0.282 e. The number of hydrogen-bond acceptors (Lipinski definition) is 2. The highest BCUT2D eigenvalue weighted by atomic mass is 16.2. The van der Waals surface area contributed by atoms with Gasteiger partial charge in [0.1, 0.15) is 0 Å². The van der Waals surface area contributed by atoms with Crippen molar-refractivity contribution >= 4 is 11.8 Å². The van der Waals surface area contributed by atoms with Gasteiger partial charge in [-0.05, 0) is 29.7 Å².